The van der Waals surface area contributed by atoms with E-state index in [-0.39, 0.29) is 17.7 Å². The molecule has 0 bridgehead atoms. The summed E-state index contributed by atoms with van der Waals surface area (Å²) in [5, 5.41) is 9.14. The summed E-state index contributed by atoms with van der Waals surface area (Å²) < 4.78 is 5.57. The summed E-state index contributed by atoms with van der Waals surface area (Å²) in [6.45, 7) is 2.38. The molecule has 1 aliphatic carbocycles. The summed E-state index contributed by atoms with van der Waals surface area (Å²) >= 11 is 0. The Kier molecular flexibility index (Phi) is 4.82. The number of amides is 1. The number of benzene rings is 1. The quantitative estimate of drug-likeness (QED) is 0.837. The van der Waals surface area contributed by atoms with Gasteiger partial charge in [-0.25, -0.2) is 9.78 Å². The van der Waals surface area contributed by atoms with Crippen LogP contribution in [0.5, 0.6) is 0 Å². The van der Waals surface area contributed by atoms with Crippen LogP contribution >= 0.6 is 0 Å². The van der Waals surface area contributed by atoms with Gasteiger partial charge in [-0.2, -0.15) is 0 Å². The van der Waals surface area contributed by atoms with Crippen molar-refractivity contribution in [1.29, 1.82) is 0 Å². The molecule has 6 heteroatoms. The molecule has 3 heterocycles. The minimum atomic E-state index is -1.02. The first kappa shape index (κ1) is 19.2. The van der Waals surface area contributed by atoms with E-state index in [9.17, 15) is 9.59 Å². The molecule has 30 heavy (non-hydrogen) atoms. The van der Waals surface area contributed by atoms with E-state index in [0.717, 1.165) is 49.9 Å². The molecular weight excluding hydrogens is 380 g/mol. The number of likely N-dealkylation sites (tertiary alicyclic amines) is 1. The Bertz CT molecular complexity index is 957. The van der Waals surface area contributed by atoms with E-state index in [1.165, 1.54) is 18.2 Å². The van der Waals surface area contributed by atoms with Crippen LogP contribution in [0.1, 0.15) is 54.1 Å². The average molecular weight is 406 g/mol. The van der Waals surface area contributed by atoms with Crippen LogP contribution in [0, 0.1) is 5.41 Å². The molecular formula is C24H26N2O4. The molecule has 1 amide bonds. The second-order valence-electron chi connectivity index (χ2n) is 8.80. The Labute approximate surface area is 175 Å². The number of carbonyl (C=O) groups is 2. The lowest BCUT2D eigenvalue weighted by Gasteiger charge is -2.34. The van der Waals surface area contributed by atoms with Gasteiger partial charge in [0.2, 0.25) is 0 Å². The van der Waals surface area contributed by atoms with Gasteiger partial charge in [0.25, 0.3) is 5.91 Å². The zero-order chi connectivity index (χ0) is 20.7. The molecule has 1 N–H and O–H groups in total. The van der Waals surface area contributed by atoms with Gasteiger partial charge in [-0.1, -0.05) is 24.3 Å². The molecule has 2 saturated heterocycles. The molecule has 0 unspecified atom stereocenters. The van der Waals surface area contributed by atoms with Gasteiger partial charge >= 0.3 is 5.97 Å². The zero-order valence-electron chi connectivity index (χ0n) is 16.9. The average Bonchev–Trinajstić information content (AvgIpc) is 3.20. The molecule has 5 rings (SSSR count). The van der Waals surface area contributed by atoms with Crippen molar-refractivity contribution in [2.45, 2.75) is 44.1 Å². The number of ether oxygens (including phenoxy) is 1. The molecule has 156 valence electrons. The number of nitrogens with zero attached hydrogens (tertiary/aromatic N) is 2. The van der Waals surface area contributed by atoms with Crippen LogP contribution in [0.25, 0.3) is 11.1 Å². The van der Waals surface area contributed by atoms with Crippen LogP contribution < -0.4 is 0 Å². The molecule has 1 aromatic heterocycles. The molecule has 3 fully saturated rings. The summed E-state index contributed by atoms with van der Waals surface area (Å²) in [5.74, 6) is -0.279. The van der Waals surface area contributed by atoms with Crippen molar-refractivity contribution in [2.75, 3.05) is 19.7 Å². The van der Waals surface area contributed by atoms with Crippen LogP contribution in [0.3, 0.4) is 0 Å². The number of aromatic carboxylic acids is 1. The highest BCUT2D eigenvalue weighted by Gasteiger charge is 2.55. The molecule has 2 aliphatic heterocycles. The Morgan fingerprint density at radius 2 is 1.87 bits per heavy atom. The van der Waals surface area contributed by atoms with E-state index in [4.69, 9.17) is 9.84 Å². The third-order valence-corrected chi connectivity index (χ3v) is 7.09. The second-order valence-corrected chi connectivity index (χ2v) is 8.80. The van der Waals surface area contributed by atoms with Crippen molar-refractivity contribution >= 4 is 11.9 Å². The highest BCUT2D eigenvalue weighted by molar-refractivity contribution is 5.87. The van der Waals surface area contributed by atoms with Gasteiger partial charge in [-0.15, -0.1) is 0 Å². The number of carboxylic acids is 1. The van der Waals surface area contributed by atoms with Crippen molar-refractivity contribution in [3.63, 3.8) is 0 Å². The smallest absolute Gasteiger partial charge is 0.354 e. The van der Waals surface area contributed by atoms with E-state index in [0.29, 0.717) is 17.9 Å². The first-order valence-electron chi connectivity index (χ1n) is 10.8. The van der Waals surface area contributed by atoms with Crippen molar-refractivity contribution in [1.82, 2.24) is 9.88 Å². The summed E-state index contributed by atoms with van der Waals surface area (Å²) in [7, 11) is 0. The second kappa shape index (κ2) is 7.51. The Morgan fingerprint density at radius 3 is 2.53 bits per heavy atom. The Balaban J connectivity index is 1.22. The van der Waals surface area contributed by atoms with Crippen molar-refractivity contribution in [3.8, 4) is 11.1 Å². The summed E-state index contributed by atoms with van der Waals surface area (Å²) in [5.41, 5.74) is 3.59. The highest BCUT2D eigenvalue weighted by atomic mass is 16.5. The van der Waals surface area contributed by atoms with Crippen LogP contribution in [0.4, 0.5) is 0 Å². The maximum atomic E-state index is 12.6. The van der Waals surface area contributed by atoms with Crippen LogP contribution in [-0.4, -0.2) is 52.7 Å². The number of piperidine rings is 1. The van der Waals surface area contributed by atoms with Crippen LogP contribution in [0.2, 0.25) is 0 Å². The first-order valence-corrected chi connectivity index (χ1v) is 10.8. The van der Waals surface area contributed by atoms with Gasteiger partial charge in [-0.3, -0.25) is 4.79 Å². The fourth-order valence-corrected chi connectivity index (χ4v) is 5.16. The molecule has 2 atom stereocenters. The molecule has 6 nitrogen and oxygen atoms in total. The van der Waals surface area contributed by atoms with E-state index < -0.39 is 5.97 Å². The van der Waals surface area contributed by atoms with Gasteiger partial charge in [0.05, 0.1) is 0 Å². The lowest BCUT2D eigenvalue weighted by Crippen LogP contribution is -2.44. The van der Waals surface area contributed by atoms with Crippen molar-refractivity contribution in [3.05, 3.63) is 53.9 Å². The lowest BCUT2D eigenvalue weighted by molar-refractivity contribution is -0.142. The van der Waals surface area contributed by atoms with Gasteiger partial charge in [0.15, 0.2) is 0 Å². The third kappa shape index (κ3) is 3.49. The van der Waals surface area contributed by atoms with Crippen molar-refractivity contribution in [2.24, 2.45) is 5.41 Å². The van der Waals surface area contributed by atoms with Gasteiger partial charge in [-0.05, 0) is 72.3 Å². The van der Waals surface area contributed by atoms with Gasteiger partial charge in [0.1, 0.15) is 11.8 Å². The molecule has 1 saturated carbocycles. The SMILES string of the molecule is O=C(O)c1cc(-c2ccc([C@H]3CC34CCN(C(=O)[C@H]3CCCO3)CC4)cc2)ccn1. The minimum absolute atomic E-state index is 0.0574. The maximum Gasteiger partial charge on any atom is 0.354 e. The lowest BCUT2D eigenvalue weighted by atomic mass is 9.88. The first-order chi connectivity index (χ1) is 14.6. The zero-order valence-corrected chi connectivity index (χ0v) is 16.9. The number of rotatable bonds is 4. The van der Waals surface area contributed by atoms with E-state index in [1.54, 1.807) is 6.07 Å². The van der Waals surface area contributed by atoms with Crippen LogP contribution in [0.15, 0.2) is 42.6 Å². The van der Waals surface area contributed by atoms with Crippen molar-refractivity contribution < 1.29 is 19.4 Å². The highest BCUT2D eigenvalue weighted by Crippen LogP contribution is 2.65. The minimum Gasteiger partial charge on any atom is -0.477 e. The number of aromatic nitrogens is 1. The molecule has 0 radical (unpaired) electrons. The third-order valence-electron chi connectivity index (χ3n) is 7.09. The number of hydrogen-bond donors (Lipinski definition) is 1. The van der Waals surface area contributed by atoms with E-state index >= 15 is 0 Å². The number of carbonyl (C=O) groups excluding carboxylic acids is 1. The van der Waals surface area contributed by atoms with Gasteiger partial charge < -0.3 is 14.7 Å². The summed E-state index contributed by atoms with van der Waals surface area (Å²) in [6, 6.07) is 11.9. The number of hydrogen-bond acceptors (Lipinski definition) is 4. The summed E-state index contributed by atoms with van der Waals surface area (Å²) in [6.07, 6.45) is 6.48. The number of pyridine rings is 1. The van der Waals surface area contributed by atoms with Gasteiger partial charge in [0, 0.05) is 25.9 Å². The topological polar surface area (TPSA) is 79.7 Å². The predicted molar refractivity (Wildman–Crippen MR) is 111 cm³/mol. The number of carboxylic acid groups (broad SMARTS) is 1. The fourth-order valence-electron chi connectivity index (χ4n) is 5.16. The molecule has 1 aromatic carbocycles. The Morgan fingerprint density at radius 1 is 1.10 bits per heavy atom. The van der Waals surface area contributed by atoms with E-state index in [1.807, 2.05) is 11.0 Å². The fraction of sp³-hybridized carbons (Fsp3) is 0.458. The molecule has 3 aliphatic rings. The summed E-state index contributed by atoms with van der Waals surface area (Å²) in [4.78, 5) is 29.6. The maximum absolute atomic E-state index is 12.6. The normalized spacial score (nSPS) is 24.7. The van der Waals surface area contributed by atoms with Crippen LogP contribution in [-0.2, 0) is 9.53 Å². The Hall–Kier alpha value is -2.73. The monoisotopic (exact) mass is 406 g/mol. The standard InChI is InChI=1S/C24H26N2O4/c27-22(21-2-1-13-30-21)26-11-8-24(9-12-26)15-19(24)17-5-3-16(4-6-17)18-7-10-25-20(14-18)23(28)29/h3-7,10,14,19,21H,1-2,8-9,11-13,15H2,(H,28,29)/t19-,21-/m1/s1. The predicted octanol–water partition coefficient (Wildman–Crippen LogP) is 3.72. The van der Waals surface area contributed by atoms with E-state index in [2.05, 4.69) is 29.2 Å². The molecule has 1 spiro atoms. The molecule has 2 aromatic rings. The largest absolute Gasteiger partial charge is 0.477 e.